The first-order valence-electron chi connectivity index (χ1n) is 9.92. The van der Waals surface area contributed by atoms with Crippen molar-refractivity contribution < 1.29 is 23.5 Å². The van der Waals surface area contributed by atoms with E-state index in [0.29, 0.717) is 28.8 Å². The summed E-state index contributed by atoms with van der Waals surface area (Å²) in [5.74, 6) is 0.0563. The molecule has 2 aliphatic carbocycles. The molecule has 2 bridgehead atoms. The summed E-state index contributed by atoms with van der Waals surface area (Å²) in [5, 5.41) is 0. The number of hydrogen-bond donors (Lipinski definition) is 0. The van der Waals surface area contributed by atoms with Crippen molar-refractivity contribution in [1.82, 2.24) is 0 Å². The molecule has 5 rings (SSSR count). The molecule has 148 valence electrons. The number of amides is 2. The molecule has 3 fully saturated rings. The molecule has 0 aromatic heterocycles. The van der Waals surface area contributed by atoms with Crippen LogP contribution < -0.4 is 9.64 Å². The summed E-state index contributed by atoms with van der Waals surface area (Å²) in [4.78, 5) is 39.2. The van der Waals surface area contributed by atoms with Crippen LogP contribution in [0.2, 0.25) is 0 Å². The second kappa shape index (κ2) is 6.79. The molecule has 2 saturated carbocycles. The standard InChI is InChI=1S/C23H20FNO4/c24-16-5-3-13(4-6-16)19(26)12-29-18-9-7-17(8-10-18)25-22(27)20-14-1-2-15(11-14)21(20)23(25)28/h3-10,14-15,20-21H,1-2,11-12H2/t14-,15-,20+,21+/m0/s1. The summed E-state index contributed by atoms with van der Waals surface area (Å²) in [7, 11) is 0. The Balaban J connectivity index is 1.26. The molecular formula is C23H20FNO4. The van der Waals surface area contributed by atoms with E-state index >= 15 is 0 Å². The van der Waals surface area contributed by atoms with E-state index in [-0.39, 0.29) is 36.0 Å². The van der Waals surface area contributed by atoms with Crippen LogP contribution in [0.4, 0.5) is 10.1 Å². The maximum Gasteiger partial charge on any atom is 0.237 e. The Morgan fingerprint density at radius 1 is 0.931 bits per heavy atom. The first-order valence-corrected chi connectivity index (χ1v) is 9.92. The van der Waals surface area contributed by atoms with Crippen LogP contribution >= 0.6 is 0 Å². The maximum absolute atomic E-state index is 12.9. The Morgan fingerprint density at radius 2 is 1.52 bits per heavy atom. The first-order chi connectivity index (χ1) is 14.0. The maximum atomic E-state index is 12.9. The van der Waals surface area contributed by atoms with Gasteiger partial charge in [0.05, 0.1) is 17.5 Å². The summed E-state index contributed by atoms with van der Waals surface area (Å²) in [6.45, 7) is -0.180. The number of Topliss-reactive ketones (excluding diaryl/α,β-unsaturated/α-hetero) is 1. The van der Waals surface area contributed by atoms with Crippen molar-refractivity contribution in [1.29, 1.82) is 0 Å². The average molecular weight is 393 g/mol. The highest BCUT2D eigenvalue weighted by Crippen LogP contribution is 2.56. The van der Waals surface area contributed by atoms with Gasteiger partial charge in [-0.1, -0.05) is 0 Å². The number of hydrogen-bond acceptors (Lipinski definition) is 4. The molecule has 2 aromatic rings. The van der Waals surface area contributed by atoms with Crippen molar-refractivity contribution in [3.8, 4) is 5.75 Å². The molecule has 5 nitrogen and oxygen atoms in total. The third kappa shape index (κ3) is 2.94. The van der Waals surface area contributed by atoms with E-state index in [0.717, 1.165) is 19.3 Å². The van der Waals surface area contributed by atoms with E-state index in [1.54, 1.807) is 24.3 Å². The predicted molar refractivity (Wildman–Crippen MR) is 103 cm³/mol. The number of rotatable bonds is 5. The highest BCUT2D eigenvalue weighted by Gasteiger charge is 2.61. The monoisotopic (exact) mass is 393 g/mol. The summed E-state index contributed by atoms with van der Waals surface area (Å²) >= 11 is 0. The number of halogens is 1. The molecule has 0 unspecified atom stereocenters. The second-order valence-corrected chi connectivity index (χ2v) is 8.11. The Bertz CT molecular complexity index is 957. The molecule has 1 aliphatic heterocycles. The quantitative estimate of drug-likeness (QED) is 0.575. The van der Waals surface area contributed by atoms with Crippen molar-refractivity contribution >= 4 is 23.3 Å². The molecule has 2 aromatic carbocycles. The molecule has 0 N–H and O–H groups in total. The van der Waals surface area contributed by atoms with Gasteiger partial charge in [0.15, 0.2) is 12.4 Å². The molecule has 1 saturated heterocycles. The van der Waals surface area contributed by atoms with Crippen LogP contribution in [-0.2, 0) is 9.59 Å². The zero-order valence-electron chi connectivity index (χ0n) is 15.7. The predicted octanol–water partition coefficient (Wildman–Crippen LogP) is 3.62. The van der Waals surface area contributed by atoms with Gasteiger partial charge < -0.3 is 4.74 Å². The fraction of sp³-hybridized carbons (Fsp3) is 0.348. The molecule has 29 heavy (non-hydrogen) atoms. The van der Waals surface area contributed by atoms with Crippen LogP contribution in [0.25, 0.3) is 0 Å². The van der Waals surface area contributed by atoms with Crippen molar-refractivity contribution in [2.45, 2.75) is 19.3 Å². The number of imide groups is 1. The van der Waals surface area contributed by atoms with E-state index in [1.807, 2.05) is 0 Å². The number of nitrogens with zero attached hydrogens (tertiary/aromatic N) is 1. The summed E-state index contributed by atoms with van der Waals surface area (Å²) in [6, 6.07) is 11.9. The zero-order chi connectivity index (χ0) is 20.1. The number of benzene rings is 2. The third-order valence-electron chi connectivity index (χ3n) is 6.56. The number of anilines is 1. The lowest BCUT2D eigenvalue weighted by molar-refractivity contribution is -0.123. The topological polar surface area (TPSA) is 63.7 Å². The number of ether oxygens (including phenoxy) is 1. The van der Waals surface area contributed by atoms with E-state index < -0.39 is 5.82 Å². The summed E-state index contributed by atoms with van der Waals surface area (Å²) in [6.07, 6.45) is 3.11. The number of carbonyl (C=O) groups excluding carboxylic acids is 3. The fourth-order valence-corrected chi connectivity index (χ4v) is 5.22. The second-order valence-electron chi connectivity index (χ2n) is 8.11. The zero-order valence-corrected chi connectivity index (χ0v) is 15.7. The van der Waals surface area contributed by atoms with Crippen LogP contribution in [0.15, 0.2) is 48.5 Å². The highest BCUT2D eigenvalue weighted by molar-refractivity contribution is 6.22. The number of carbonyl (C=O) groups is 3. The molecule has 3 aliphatic rings. The summed E-state index contributed by atoms with van der Waals surface area (Å²) in [5.41, 5.74) is 0.920. The largest absolute Gasteiger partial charge is 0.485 e. The Morgan fingerprint density at radius 3 is 2.10 bits per heavy atom. The van der Waals surface area contributed by atoms with Crippen LogP contribution in [0, 0.1) is 29.5 Å². The van der Waals surface area contributed by atoms with Crippen LogP contribution in [0.5, 0.6) is 5.75 Å². The van der Waals surface area contributed by atoms with Crippen molar-refractivity contribution in [3.63, 3.8) is 0 Å². The van der Waals surface area contributed by atoms with Gasteiger partial charge in [0.2, 0.25) is 11.8 Å². The SMILES string of the molecule is O=C(COc1ccc(N2C(=O)[C@@H]3[C@H]4CC[C@@H](C4)[C@H]3C2=O)cc1)c1ccc(F)cc1. The first kappa shape index (κ1) is 18.0. The smallest absolute Gasteiger partial charge is 0.237 e. The van der Waals surface area contributed by atoms with Gasteiger partial charge in [-0.05, 0) is 79.6 Å². The fourth-order valence-electron chi connectivity index (χ4n) is 5.22. The lowest BCUT2D eigenvalue weighted by Crippen LogP contribution is -2.32. The van der Waals surface area contributed by atoms with Gasteiger partial charge in [-0.25, -0.2) is 4.39 Å². The molecule has 1 heterocycles. The Kier molecular flexibility index (Phi) is 4.23. The third-order valence-corrected chi connectivity index (χ3v) is 6.56. The van der Waals surface area contributed by atoms with Crippen LogP contribution in [-0.4, -0.2) is 24.2 Å². The van der Waals surface area contributed by atoms with Gasteiger partial charge in [0.1, 0.15) is 11.6 Å². The van der Waals surface area contributed by atoms with Gasteiger partial charge in [0, 0.05) is 5.56 Å². The van der Waals surface area contributed by atoms with Crippen molar-refractivity contribution in [3.05, 3.63) is 59.9 Å². The minimum Gasteiger partial charge on any atom is -0.485 e. The number of ketones is 1. The van der Waals surface area contributed by atoms with E-state index in [1.165, 1.54) is 29.2 Å². The summed E-state index contributed by atoms with van der Waals surface area (Å²) < 4.78 is 18.5. The van der Waals surface area contributed by atoms with Crippen molar-refractivity contribution in [2.24, 2.45) is 23.7 Å². The minimum absolute atomic E-state index is 0.0765. The average Bonchev–Trinajstić information content (AvgIpc) is 3.41. The van der Waals surface area contributed by atoms with Gasteiger partial charge in [-0.15, -0.1) is 0 Å². The molecule has 6 heteroatoms. The van der Waals surface area contributed by atoms with Crippen LogP contribution in [0.3, 0.4) is 0 Å². The number of fused-ring (bicyclic) bond motifs is 5. The van der Waals surface area contributed by atoms with Gasteiger partial charge in [-0.3, -0.25) is 19.3 Å². The molecular weight excluding hydrogens is 373 g/mol. The van der Waals surface area contributed by atoms with Crippen LogP contribution in [0.1, 0.15) is 29.6 Å². The Labute approximate surface area is 167 Å². The lowest BCUT2D eigenvalue weighted by atomic mass is 9.81. The van der Waals surface area contributed by atoms with Crippen molar-refractivity contribution in [2.75, 3.05) is 11.5 Å². The normalized spacial score (nSPS) is 27.4. The van der Waals surface area contributed by atoms with Gasteiger partial charge >= 0.3 is 0 Å². The Hall–Kier alpha value is -3.02. The van der Waals surface area contributed by atoms with E-state index in [9.17, 15) is 18.8 Å². The molecule has 0 radical (unpaired) electrons. The van der Waals surface area contributed by atoms with E-state index in [4.69, 9.17) is 4.74 Å². The van der Waals surface area contributed by atoms with E-state index in [2.05, 4.69) is 0 Å². The molecule has 2 amide bonds. The minimum atomic E-state index is -0.402. The van der Waals surface area contributed by atoms with Gasteiger partial charge in [0.25, 0.3) is 0 Å². The van der Waals surface area contributed by atoms with Gasteiger partial charge in [-0.2, -0.15) is 0 Å². The molecule has 0 spiro atoms. The lowest BCUT2D eigenvalue weighted by Gasteiger charge is -2.19. The molecule has 4 atom stereocenters. The highest BCUT2D eigenvalue weighted by atomic mass is 19.1.